The molecule has 3 aromatic heterocycles. The summed E-state index contributed by atoms with van der Waals surface area (Å²) < 4.78 is 6.66. The van der Waals surface area contributed by atoms with Gasteiger partial charge in [-0.1, -0.05) is 18.2 Å². The highest BCUT2D eigenvalue weighted by Crippen LogP contribution is 2.33. The molecule has 0 saturated carbocycles. The highest BCUT2D eigenvalue weighted by atomic mass is 32.1. The van der Waals surface area contributed by atoms with Gasteiger partial charge in [0.1, 0.15) is 17.1 Å². The van der Waals surface area contributed by atoms with Gasteiger partial charge in [0.05, 0.1) is 18.8 Å². The number of hydrogen-bond donors (Lipinski definition) is 0. The number of methoxy groups -OCH3 is 1. The van der Waals surface area contributed by atoms with Crippen LogP contribution in [0.5, 0.6) is 5.75 Å². The number of benzene rings is 1. The maximum Gasteiger partial charge on any atom is 0.263 e. The molecule has 4 heterocycles. The summed E-state index contributed by atoms with van der Waals surface area (Å²) >= 11 is 3.06. The molecule has 0 unspecified atom stereocenters. The van der Waals surface area contributed by atoms with Gasteiger partial charge in [0.25, 0.3) is 5.56 Å². The predicted molar refractivity (Wildman–Crippen MR) is 137 cm³/mol. The van der Waals surface area contributed by atoms with Crippen LogP contribution in [0.1, 0.15) is 5.56 Å². The molecule has 1 aliphatic rings. The van der Waals surface area contributed by atoms with E-state index in [1.807, 2.05) is 39.9 Å². The minimum atomic E-state index is -0.152. The van der Waals surface area contributed by atoms with E-state index in [9.17, 15) is 9.59 Å². The number of aromatic nitrogens is 2. The second kappa shape index (κ2) is 10.1. The molecular formula is C25H26N4O3S2. The summed E-state index contributed by atoms with van der Waals surface area (Å²) in [4.78, 5) is 36.6. The predicted octanol–water partition coefficient (Wildman–Crippen LogP) is 3.58. The monoisotopic (exact) mass is 494 g/mol. The molecule has 9 heteroatoms. The van der Waals surface area contributed by atoms with E-state index >= 15 is 0 Å². The van der Waals surface area contributed by atoms with Gasteiger partial charge in [-0.15, -0.1) is 22.7 Å². The molecule has 4 aromatic rings. The first-order chi connectivity index (χ1) is 16.6. The van der Waals surface area contributed by atoms with Crippen LogP contribution in [0, 0.1) is 0 Å². The van der Waals surface area contributed by atoms with E-state index in [0.717, 1.165) is 42.2 Å². The minimum Gasteiger partial charge on any atom is -0.497 e. The van der Waals surface area contributed by atoms with Crippen LogP contribution in [-0.2, 0) is 17.8 Å². The van der Waals surface area contributed by atoms with Crippen LogP contribution in [0.4, 0.5) is 0 Å². The Morgan fingerprint density at radius 3 is 2.59 bits per heavy atom. The van der Waals surface area contributed by atoms with Crippen LogP contribution in [0.2, 0.25) is 0 Å². The smallest absolute Gasteiger partial charge is 0.263 e. The Balaban J connectivity index is 1.19. The number of nitrogens with zero attached hydrogens (tertiary/aromatic N) is 4. The first kappa shape index (κ1) is 22.8. The number of piperazine rings is 1. The number of amides is 1. The molecule has 0 bridgehead atoms. The summed E-state index contributed by atoms with van der Waals surface area (Å²) in [6.07, 6.45) is 2.47. The maximum absolute atomic E-state index is 13.2. The summed E-state index contributed by atoms with van der Waals surface area (Å²) in [5.41, 5.74) is 2.03. The molecule has 1 amide bonds. The highest BCUT2D eigenvalue weighted by Gasteiger charge is 2.22. The average Bonchev–Trinajstić information content (AvgIpc) is 3.55. The van der Waals surface area contributed by atoms with Crippen molar-refractivity contribution in [2.24, 2.45) is 0 Å². The van der Waals surface area contributed by atoms with E-state index in [1.165, 1.54) is 27.8 Å². The lowest BCUT2D eigenvalue weighted by molar-refractivity contribution is -0.133. The van der Waals surface area contributed by atoms with Gasteiger partial charge in [-0.25, -0.2) is 4.98 Å². The molecule has 1 fully saturated rings. The van der Waals surface area contributed by atoms with Gasteiger partial charge in [-0.3, -0.25) is 19.1 Å². The van der Waals surface area contributed by atoms with E-state index in [4.69, 9.17) is 4.74 Å². The number of fused-ring (bicyclic) bond motifs is 1. The van der Waals surface area contributed by atoms with Crippen molar-refractivity contribution in [2.45, 2.75) is 13.0 Å². The van der Waals surface area contributed by atoms with Crippen molar-refractivity contribution >= 4 is 38.8 Å². The van der Waals surface area contributed by atoms with Crippen LogP contribution < -0.4 is 10.3 Å². The Labute approximate surface area is 205 Å². The molecule has 0 atom stereocenters. The fourth-order valence-electron chi connectivity index (χ4n) is 4.24. The normalized spacial score (nSPS) is 14.6. The van der Waals surface area contributed by atoms with Crippen LogP contribution >= 0.6 is 22.7 Å². The van der Waals surface area contributed by atoms with E-state index < -0.39 is 0 Å². The summed E-state index contributed by atoms with van der Waals surface area (Å²) in [6.45, 7) is 3.99. The number of carbonyl (C=O) groups is 1. The average molecular weight is 495 g/mol. The Hall–Kier alpha value is -3.01. The zero-order valence-electron chi connectivity index (χ0n) is 19.0. The molecule has 1 aromatic carbocycles. The lowest BCUT2D eigenvalue weighted by atomic mass is 10.1. The lowest BCUT2D eigenvalue weighted by Gasteiger charge is -2.34. The summed E-state index contributed by atoms with van der Waals surface area (Å²) in [7, 11) is 1.67. The minimum absolute atomic E-state index is 0.0212. The third-order valence-electron chi connectivity index (χ3n) is 6.25. The Morgan fingerprint density at radius 2 is 1.88 bits per heavy atom. The molecule has 0 aliphatic carbocycles. The number of hydrogen-bond acceptors (Lipinski definition) is 7. The summed E-state index contributed by atoms with van der Waals surface area (Å²) in [5, 5.41) is 4.57. The third kappa shape index (κ3) is 4.77. The fourth-order valence-corrected chi connectivity index (χ4v) is 5.96. The zero-order chi connectivity index (χ0) is 23.5. The number of ether oxygens (including phenoxy) is 1. The topological polar surface area (TPSA) is 67.7 Å². The molecule has 0 radical (unpaired) electrons. The van der Waals surface area contributed by atoms with Crippen molar-refractivity contribution < 1.29 is 9.53 Å². The van der Waals surface area contributed by atoms with Crippen LogP contribution in [0.25, 0.3) is 20.7 Å². The van der Waals surface area contributed by atoms with Gasteiger partial charge in [0, 0.05) is 48.5 Å². The summed E-state index contributed by atoms with van der Waals surface area (Å²) in [6, 6.07) is 12.1. The molecule has 5 rings (SSSR count). The van der Waals surface area contributed by atoms with Gasteiger partial charge < -0.3 is 9.64 Å². The first-order valence-electron chi connectivity index (χ1n) is 11.3. The fraction of sp³-hybridized carbons (Fsp3) is 0.320. The van der Waals surface area contributed by atoms with Gasteiger partial charge in [-0.2, -0.15) is 0 Å². The molecule has 0 N–H and O–H groups in total. The van der Waals surface area contributed by atoms with Crippen molar-refractivity contribution in [2.75, 3.05) is 39.8 Å². The van der Waals surface area contributed by atoms with Gasteiger partial charge in [-0.05, 0) is 35.6 Å². The van der Waals surface area contributed by atoms with Crippen molar-refractivity contribution in [3.63, 3.8) is 0 Å². The van der Waals surface area contributed by atoms with Crippen LogP contribution in [0.15, 0.2) is 58.3 Å². The molecule has 176 valence electrons. The van der Waals surface area contributed by atoms with Gasteiger partial charge in [0.15, 0.2) is 0 Å². The SMILES string of the molecule is COc1ccc(CCN2CCN(C(=O)Cn3cnc4scc(-c5cccs5)c4c3=O)CC2)cc1. The quantitative estimate of drug-likeness (QED) is 0.393. The Morgan fingerprint density at radius 1 is 1.09 bits per heavy atom. The second-order valence-corrected chi connectivity index (χ2v) is 10.1. The summed E-state index contributed by atoms with van der Waals surface area (Å²) in [5.74, 6) is 0.831. The van der Waals surface area contributed by atoms with E-state index in [0.29, 0.717) is 23.3 Å². The van der Waals surface area contributed by atoms with E-state index in [2.05, 4.69) is 22.0 Å². The van der Waals surface area contributed by atoms with Crippen molar-refractivity contribution in [3.8, 4) is 16.2 Å². The zero-order valence-corrected chi connectivity index (χ0v) is 20.6. The van der Waals surface area contributed by atoms with Crippen molar-refractivity contribution in [1.82, 2.24) is 19.4 Å². The third-order valence-corrected chi connectivity index (χ3v) is 8.04. The Bertz CT molecular complexity index is 1320. The van der Waals surface area contributed by atoms with Crippen LogP contribution in [-0.4, -0.2) is 65.1 Å². The molecule has 1 aliphatic heterocycles. The van der Waals surface area contributed by atoms with Crippen molar-refractivity contribution in [3.05, 3.63) is 69.4 Å². The second-order valence-electron chi connectivity index (χ2n) is 8.30. The van der Waals surface area contributed by atoms with Gasteiger partial charge in [0.2, 0.25) is 5.91 Å². The van der Waals surface area contributed by atoms with Crippen LogP contribution in [0.3, 0.4) is 0 Å². The van der Waals surface area contributed by atoms with Gasteiger partial charge >= 0.3 is 0 Å². The largest absolute Gasteiger partial charge is 0.497 e. The highest BCUT2D eigenvalue weighted by molar-refractivity contribution is 7.18. The molecule has 0 spiro atoms. The molecule has 7 nitrogen and oxygen atoms in total. The Kier molecular flexibility index (Phi) is 6.75. The van der Waals surface area contributed by atoms with Crippen molar-refractivity contribution in [1.29, 1.82) is 0 Å². The number of thiophene rings is 2. The van der Waals surface area contributed by atoms with E-state index in [1.54, 1.807) is 18.4 Å². The molecule has 1 saturated heterocycles. The lowest BCUT2D eigenvalue weighted by Crippen LogP contribution is -2.50. The van der Waals surface area contributed by atoms with E-state index in [-0.39, 0.29) is 18.0 Å². The number of rotatable bonds is 7. The first-order valence-corrected chi connectivity index (χ1v) is 13.0. The molecule has 34 heavy (non-hydrogen) atoms. The molecular weight excluding hydrogens is 468 g/mol. The maximum atomic E-state index is 13.2. The number of carbonyl (C=O) groups excluding carboxylic acids is 1. The standard InChI is InChI=1S/C25H26N4O3S2/c1-32-19-6-4-18(5-7-19)8-9-27-10-12-28(13-11-27)22(30)15-29-17-26-24-23(25(29)31)20(16-34-24)21-3-2-14-33-21/h2-7,14,16-17H,8-13,15H2,1H3.